The number of nitrogens with zero attached hydrogens (tertiary/aromatic N) is 2. The van der Waals surface area contributed by atoms with Crippen molar-refractivity contribution in [3.05, 3.63) is 210 Å². The number of rotatable bonds is 4. The highest BCUT2D eigenvalue weighted by Gasteiger charge is 2.34. The topological polar surface area (TPSA) is 35.0 Å². The molecule has 0 bridgehead atoms. The van der Waals surface area contributed by atoms with Crippen LogP contribution in [-0.2, 0) is 12.8 Å². The molecule has 4 heteroatoms. The zero-order valence-electron chi connectivity index (χ0n) is 33.3. The third-order valence-corrected chi connectivity index (χ3v) is 14.5. The van der Waals surface area contributed by atoms with E-state index in [0.717, 1.165) is 63.2 Å². The Balaban J connectivity index is 0.860. The molecular weight excluding hydrogens is 761 g/mol. The van der Waals surface area contributed by atoms with Gasteiger partial charge in [0, 0.05) is 32.7 Å². The summed E-state index contributed by atoms with van der Waals surface area (Å²) in [6.45, 7) is 0. The first kappa shape index (κ1) is 34.7. The van der Waals surface area contributed by atoms with Crippen LogP contribution < -0.4 is 4.74 Å². The molecule has 0 spiro atoms. The highest BCUT2D eigenvalue weighted by Crippen LogP contribution is 2.50. The van der Waals surface area contributed by atoms with Gasteiger partial charge in [0.2, 0.25) is 0 Å². The molecule has 0 saturated heterocycles. The molecule has 1 unspecified atom stereocenters. The second kappa shape index (κ2) is 13.7. The first-order chi connectivity index (χ1) is 30.2. The van der Waals surface area contributed by atoms with Crippen molar-refractivity contribution in [3.8, 4) is 50.6 Å². The van der Waals surface area contributed by atoms with Crippen LogP contribution in [0.15, 0.2) is 193 Å². The maximum Gasteiger partial charge on any atom is 0.160 e. The molecule has 288 valence electrons. The van der Waals surface area contributed by atoms with E-state index in [1.165, 1.54) is 70.8 Å². The third-order valence-electron chi connectivity index (χ3n) is 13.3. The number of hydrogen-bond donors (Lipinski definition) is 0. The molecule has 10 aromatic rings. The number of fused-ring (bicyclic) bond motifs is 13. The number of ether oxygens (including phenoxy) is 1. The van der Waals surface area contributed by atoms with Crippen LogP contribution in [0.25, 0.3) is 86.7 Å². The van der Waals surface area contributed by atoms with Gasteiger partial charge in [-0.2, -0.15) is 0 Å². The highest BCUT2D eigenvalue weighted by molar-refractivity contribution is 7.26. The van der Waals surface area contributed by atoms with Crippen LogP contribution in [0, 0.1) is 5.92 Å². The zero-order chi connectivity index (χ0) is 40.0. The van der Waals surface area contributed by atoms with E-state index in [0.29, 0.717) is 11.7 Å². The largest absolute Gasteiger partial charge is 0.461 e. The summed E-state index contributed by atoms with van der Waals surface area (Å²) in [6.07, 6.45) is 7.74. The van der Waals surface area contributed by atoms with Crippen molar-refractivity contribution < 1.29 is 4.74 Å². The van der Waals surface area contributed by atoms with Crippen LogP contribution in [0.5, 0.6) is 5.75 Å². The van der Waals surface area contributed by atoms with Gasteiger partial charge in [0.1, 0.15) is 11.5 Å². The Morgan fingerprint density at radius 2 is 1.16 bits per heavy atom. The maximum absolute atomic E-state index is 6.86. The molecule has 2 aromatic heterocycles. The number of thiophene rings is 1. The molecule has 0 N–H and O–H groups in total. The number of benzene rings is 8. The van der Waals surface area contributed by atoms with Gasteiger partial charge in [-0.15, -0.1) is 11.3 Å². The monoisotopic (exact) mass is 798 g/mol. The van der Waals surface area contributed by atoms with Crippen LogP contribution in [-0.4, -0.2) is 9.97 Å². The summed E-state index contributed by atoms with van der Waals surface area (Å²) in [5, 5.41) is 6.41. The molecule has 1 aliphatic heterocycles. The van der Waals surface area contributed by atoms with E-state index in [4.69, 9.17) is 14.7 Å². The Labute approximate surface area is 358 Å². The van der Waals surface area contributed by atoms with Crippen molar-refractivity contribution in [3.63, 3.8) is 0 Å². The van der Waals surface area contributed by atoms with Crippen molar-refractivity contribution in [1.29, 1.82) is 0 Å². The molecule has 0 saturated carbocycles. The van der Waals surface area contributed by atoms with E-state index in [9.17, 15) is 0 Å². The fourth-order valence-electron chi connectivity index (χ4n) is 10.3. The fourth-order valence-corrected chi connectivity index (χ4v) is 11.5. The summed E-state index contributed by atoms with van der Waals surface area (Å²) in [4.78, 5) is 10.6. The van der Waals surface area contributed by atoms with E-state index in [1.54, 1.807) is 11.3 Å². The molecule has 1 atom stereocenters. The van der Waals surface area contributed by atoms with Gasteiger partial charge in [0.25, 0.3) is 0 Å². The number of hydrogen-bond acceptors (Lipinski definition) is 4. The van der Waals surface area contributed by atoms with E-state index in [-0.39, 0.29) is 5.92 Å². The van der Waals surface area contributed by atoms with Crippen molar-refractivity contribution in [2.45, 2.75) is 25.2 Å². The predicted molar refractivity (Wildman–Crippen MR) is 253 cm³/mol. The molecule has 61 heavy (non-hydrogen) atoms. The lowest BCUT2D eigenvalue weighted by Gasteiger charge is -2.23. The molecule has 0 amide bonds. The van der Waals surface area contributed by atoms with Crippen LogP contribution in [0.3, 0.4) is 0 Å². The van der Waals surface area contributed by atoms with Gasteiger partial charge in [-0.05, 0) is 104 Å². The molecule has 0 radical (unpaired) electrons. The normalized spacial score (nSPS) is 15.8. The smallest absolute Gasteiger partial charge is 0.160 e. The molecule has 0 fully saturated rings. The summed E-state index contributed by atoms with van der Waals surface area (Å²) in [6, 6.07) is 61.6. The second-order valence-corrected chi connectivity index (χ2v) is 17.8. The Kier molecular flexibility index (Phi) is 7.79. The molecule has 2 aliphatic carbocycles. The van der Waals surface area contributed by atoms with Gasteiger partial charge in [0.05, 0.1) is 15.9 Å². The van der Waals surface area contributed by atoms with Crippen molar-refractivity contribution in [2.24, 2.45) is 5.92 Å². The number of aromatic nitrogens is 2. The fraction of sp³-hybridized carbons (Fsp3) is 0.0877. The van der Waals surface area contributed by atoms with Crippen LogP contribution in [0.4, 0.5) is 0 Å². The molecule has 13 rings (SSSR count). The van der Waals surface area contributed by atoms with Gasteiger partial charge in [-0.1, -0.05) is 164 Å². The summed E-state index contributed by atoms with van der Waals surface area (Å²) in [7, 11) is 0. The average Bonchev–Trinajstić information content (AvgIpc) is 3.83. The molecule has 8 aromatic carbocycles. The molecular formula is C57H38N2OS. The first-order valence-electron chi connectivity index (χ1n) is 21.3. The van der Waals surface area contributed by atoms with Crippen molar-refractivity contribution in [2.75, 3.05) is 0 Å². The van der Waals surface area contributed by atoms with Gasteiger partial charge in [0.15, 0.2) is 5.82 Å². The predicted octanol–water partition coefficient (Wildman–Crippen LogP) is 14.9. The lowest BCUT2D eigenvalue weighted by Crippen LogP contribution is -2.14. The highest BCUT2D eigenvalue weighted by atomic mass is 32.1. The minimum Gasteiger partial charge on any atom is -0.461 e. The van der Waals surface area contributed by atoms with E-state index in [1.807, 2.05) is 0 Å². The minimum absolute atomic E-state index is 0.203. The third kappa shape index (κ3) is 5.63. The Morgan fingerprint density at radius 1 is 0.541 bits per heavy atom. The van der Waals surface area contributed by atoms with Crippen LogP contribution in [0.2, 0.25) is 0 Å². The van der Waals surface area contributed by atoms with Crippen LogP contribution >= 0.6 is 11.3 Å². The van der Waals surface area contributed by atoms with Gasteiger partial charge in [-0.25, -0.2) is 9.97 Å². The van der Waals surface area contributed by atoms with Gasteiger partial charge >= 0.3 is 0 Å². The SMILES string of the molecule is C1=C(C2Cc3ccc4ccccc4c3-c3c(ccc4ccccc34)C2)C=C2Oc3cc(-c4nc(-c5ccc(-c6ccccc6)cc5)c5sc6ccccc6c5n4)ccc3C2C1. The number of allylic oxidation sites excluding steroid dienone is 4. The van der Waals surface area contributed by atoms with E-state index in [2.05, 4.69) is 182 Å². The van der Waals surface area contributed by atoms with E-state index >= 15 is 0 Å². The second-order valence-electron chi connectivity index (χ2n) is 16.8. The lowest BCUT2D eigenvalue weighted by molar-refractivity contribution is 0.421. The van der Waals surface area contributed by atoms with Gasteiger partial charge in [-0.3, -0.25) is 0 Å². The summed E-state index contributed by atoms with van der Waals surface area (Å²) < 4.78 is 9.18. The van der Waals surface area contributed by atoms with Gasteiger partial charge < -0.3 is 4.74 Å². The molecule has 3 heterocycles. The summed E-state index contributed by atoms with van der Waals surface area (Å²) in [5.41, 5.74) is 14.6. The zero-order valence-corrected chi connectivity index (χ0v) is 34.1. The Hall–Kier alpha value is -7.14. The van der Waals surface area contributed by atoms with Crippen LogP contribution in [0.1, 0.15) is 29.0 Å². The Bertz CT molecular complexity index is 3400. The van der Waals surface area contributed by atoms with Crippen molar-refractivity contribution >= 4 is 53.2 Å². The maximum atomic E-state index is 6.86. The summed E-state index contributed by atoms with van der Waals surface area (Å²) >= 11 is 1.76. The molecule has 3 nitrogen and oxygen atoms in total. The van der Waals surface area contributed by atoms with E-state index < -0.39 is 0 Å². The average molecular weight is 799 g/mol. The molecule has 3 aliphatic rings. The minimum atomic E-state index is 0.203. The lowest BCUT2D eigenvalue weighted by atomic mass is 9.81. The first-order valence-corrected chi connectivity index (χ1v) is 22.1. The quantitative estimate of drug-likeness (QED) is 0.178. The Morgan fingerprint density at radius 3 is 1.90 bits per heavy atom. The standard InChI is InChI=1S/C57H38N2OS/c1-2-10-34(11-3-1)35-18-22-38(23-19-35)54-56-55(48-16-8-9-17-51(48)61-56)59-57(58-54)42-27-29-47-46-28-26-39(32-49(46)60-50(47)33-42)43-30-40-24-20-36-12-4-6-14-44(36)52(40)53-41(31-43)25-21-37-13-5-7-15-45(37)53/h1-27,29,32-33,43,46H,28,30-31H2. The summed E-state index contributed by atoms with van der Waals surface area (Å²) in [5.74, 6) is 3.20. The van der Waals surface area contributed by atoms with Crippen molar-refractivity contribution in [1.82, 2.24) is 9.97 Å².